The number of nitrogens with zero attached hydrogens (tertiary/aromatic N) is 5. The van der Waals surface area contributed by atoms with Crippen LogP contribution in [0.4, 0.5) is 17.6 Å². The van der Waals surface area contributed by atoms with E-state index in [1.165, 1.54) is 23.5 Å². The average molecular weight is 462 g/mol. The van der Waals surface area contributed by atoms with Crippen molar-refractivity contribution in [1.82, 2.24) is 24.6 Å². The first kappa shape index (κ1) is 22.6. The van der Waals surface area contributed by atoms with Crippen LogP contribution in [-0.4, -0.2) is 61.0 Å². The Morgan fingerprint density at radius 2 is 1.81 bits per heavy atom. The van der Waals surface area contributed by atoms with Gasteiger partial charge in [0.2, 0.25) is 23.7 Å². The summed E-state index contributed by atoms with van der Waals surface area (Å²) in [6.07, 6.45) is 0. The van der Waals surface area contributed by atoms with Gasteiger partial charge in [-0.1, -0.05) is 23.9 Å². The molecule has 2 aromatic heterocycles. The lowest BCUT2D eigenvalue weighted by atomic mass is 10.3. The number of hydrogen-bond donors (Lipinski definition) is 4. The number of aromatic nitrogens is 5. The lowest BCUT2D eigenvalue weighted by Gasteiger charge is -2.11. The van der Waals surface area contributed by atoms with Crippen molar-refractivity contribution in [1.29, 1.82) is 0 Å². The molecule has 2 heterocycles. The van der Waals surface area contributed by atoms with E-state index in [2.05, 4.69) is 36.1 Å². The van der Waals surface area contributed by atoms with E-state index in [-0.39, 0.29) is 17.4 Å². The number of carbonyl (C=O) groups is 2. The van der Waals surface area contributed by atoms with Crippen LogP contribution in [0.5, 0.6) is 0 Å². The molecule has 0 aliphatic rings. The second kappa shape index (κ2) is 10.8. The number of benzene rings is 1. The minimum atomic E-state index is -0.420. The molecule has 0 unspecified atom stereocenters. The number of amides is 2. The van der Waals surface area contributed by atoms with Crippen LogP contribution in [0.15, 0.2) is 34.3 Å². The summed E-state index contributed by atoms with van der Waals surface area (Å²) in [6.45, 7) is 5.24. The second-order valence-electron chi connectivity index (χ2n) is 6.14. The summed E-state index contributed by atoms with van der Waals surface area (Å²) in [4.78, 5) is 33.2. The van der Waals surface area contributed by atoms with Gasteiger partial charge < -0.3 is 21.7 Å². The van der Waals surface area contributed by atoms with Crippen LogP contribution < -0.4 is 21.7 Å². The Bertz CT molecular complexity index is 1070. The Morgan fingerprint density at radius 3 is 2.55 bits per heavy atom. The molecule has 3 aromatic rings. The van der Waals surface area contributed by atoms with Crippen molar-refractivity contribution in [3.8, 4) is 0 Å². The lowest BCUT2D eigenvalue weighted by Crippen LogP contribution is -2.16. The summed E-state index contributed by atoms with van der Waals surface area (Å²) in [5.74, 6) is 0.992. The molecule has 0 saturated carbocycles. The van der Waals surface area contributed by atoms with Gasteiger partial charge in [0, 0.05) is 18.0 Å². The van der Waals surface area contributed by atoms with Crippen molar-refractivity contribution in [2.45, 2.75) is 23.9 Å². The fourth-order valence-corrected chi connectivity index (χ4v) is 4.03. The zero-order chi connectivity index (χ0) is 22.2. The van der Waals surface area contributed by atoms with Crippen LogP contribution >= 0.6 is 23.5 Å². The molecule has 0 aliphatic heterocycles. The van der Waals surface area contributed by atoms with Gasteiger partial charge in [-0.05, 0) is 26.0 Å². The van der Waals surface area contributed by atoms with E-state index in [4.69, 9.17) is 5.73 Å². The van der Waals surface area contributed by atoms with Crippen molar-refractivity contribution < 1.29 is 9.59 Å². The van der Waals surface area contributed by atoms with Gasteiger partial charge in [-0.2, -0.15) is 9.97 Å². The van der Waals surface area contributed by atoms with Crippen molar-refractivity contribution in [2.24, 2.45) is 5.73 Å². The molecule has 13 heteroatoms. The third kappa shape index (κ3) is 5.98. The normalized spacial score (nSPS) is 10.8. The van der Waals surface area contributed by atoms with Gasteiger partial charge in [0.1, 0.15) is 0 Å². The van der Waals surface area contributed by atoms with Gasteiger partial charge in [0.05, 0.1) is 17.2 Å². The quantitative estimate of drug-likeness (QED) is 0.310. The summed E-state index contributed by atoms with van der Waals surface area (Å²) in [6, 6.07) is 7.24. The molecule has 1 aromatic carbocycles. The van der Waals surface area contributed by atoms with Crippen LogP contribution in [0.25, 0.3) is 5.78 Å². The first-order chi connectivity index (χ1) is 15.0. The summed E-state index contributed by atoms with van der Waals surface area (Å²) in [5, 5.41) is 17.9. The number of primary amides is 1. The molecule has 0 atom stereocenters. The molecule has 3 rings (SSSR count). The summed E-state index contributed by atoms with van der Waals surface area (Å²) in [7, 11) is 0. The maximum atomic E-state index is 12.5. The van der Waals surface area contributed by atoms with Crippen LogP contribution in [0.1, 0.15) is 13.8 Å². The number of rotatable bonds is 11. The highest BCUT2D eigenvalue weighted by atomic mass is 32.2. The molecule has 0 fully saturated rings. The molecule has 0 spiro atoms. The van der Waals surface area contributed by atoms with Crippen LogP contribution in [0.3, 0.4) is 0 Å². The number of para-hydroxylation sites is 1. The Hall–Kier alpha value is -3.06. The Labute approximate surface area is 187 Å². The third-order valence-corrected chi connectivity index (χ3v) is 5.80. The van der Waals surface area contributed by atoms with Crippen LogP contribution in [0, 0.1) is 0 Å². The molecule has 5 N–H and O–H groups in total. The molecular formula is C18H23N9O2S2. The Morgan fingerprint density at radius 1 is 1.03 bits per heavy atom. The second-order valence-corrected chi connectivity index (χ2v) is 8.10. The van der Waals surface area contributed by atoms with Crippen molar-refractivity contribution >= 4 is 58.7 Å². The van der Waals surface area contributed by atoms with Gasteiger partial charge >= 0.3 is 0 Å². The predicted octanol–water partition coefficient (Wildman–Crippen LogP) is 1.69. The zero-order valence-corrected chi connectivity index (χ0v) is 18.7. The smallest absolute Gasteiger partial charge is 0.261 e. The van der Waals surface area contributed by atoms with Crippen LogP contribution in [-0.2, 0) is 9.59 Å². The monoisotopic (exact) mass is 461 g/mol. The Balaban J connectivity index is 1.71. The number of hydrogen-bond acceptors (Lipinski definition) is 10. The fourth-order valence-electron chi connectivity index (χ4n) is 2.56. The maximum Gasteiger partial charge on any atom is 0.261 e. The zero-order valence-electron chi connectivity index (χ0n) is 17.1. The standard InChI is InChI=1S/C18H23N9O2S2/c1-3-20-15-23-16(21-4-2)27-17(24-15)25-26-18(27)31-10-14(29)22-11-7-5-6-8-12(11)30-9-13(19)28/h5-8H,3-4,9-10H2,1-2H3,(H2,19,28)(H,22,29)(H2,20,21,23,24,25). The average Bonchev–Trinajstić information content (AvgIpc) is 3.15. The molecule has 0 bridgehead atoms. The van der Waals surface area contributed by atoms with E-state index in [1.807, 2.05) is 32.0 Å². The number of fused-ring (bicyclic) bond motifs is 1. The summed E-state index contributed by atoms with van der Waals surface area (Å²) < 4.78 is 1.68. The van der Waals surface area contributed by atoms with E-state index in [0.717, 1.165) is 4.90 Å². The van der Waals surface area contributed by atoms with Crippen molar-refractivity contribution in [3.05, 3.63) is 24.3 Å². The maximum absolute atomic E-state index is 12.5. The largest absolute Gasteiger partial charge is 0.369 e. The molecule has 164 valence electrons. The van der Waals surface area contributed by atoms with E-state index >= 15 is 0 Å². The Kier molecular flexibility index (Phi) is 7.89. The first-order valence-corrected chi connectivity index (χ1v) is 11.5. The molecule has 0 radical (unpaired) electrons. The number of anilines is 3. The van der Waals surface area contributed by atoms with Crippen molar-refractivity contribution in [2.75, 3.05) is 40.5 Å². The minimum Gasteiger partial charge on any atom is -0.369 e. The summed E-state index contributed by atoms with van der Waals surface area (Å²) >= 11 is 2.50. The molecule has 0 aliphatic carbocycles. The van der Waals surface area contributed by atoms with Crippen LogP contribution in [0.2, 0.25) is 0 Å². The molecule has 11 nitrogen and oxygen atoms in total. The number of carbonyl (C=O) groups excluding carboxylic acids is 2. The van der Waals surface area contributed by atoms with Crippen molar-refractivity contribution in [3.63, 3.8) is 0 Å². The van der Waals surface area contributed by atoms with E-state index < -0.39 is 5.91 Å². The van der Waals surface area contributed by atoms with Gasteiger partial charge in [-0.25, -0.2) is 4.40 Å². The fraction of sp³-hybridized carbons (Fsp3) is 0.333. The van der Waals surface area contributed by atoms with E-state index in [9.17, 15) is 9.59 Å². The molecule has 31 heavy (non-hydrogen) atoms. The lowest BCUT2D eigenvalue weighted by molar-refractivity contribution is -0.115. The highest BCUT2D eigenvalue weighted by molar-refractivity contribution is 8.00. The van der Waals surface area contributed by atoms with Gasteiger partial charge in [-0.15, -0.1) is 22.0 Å². The summed E-state index contributed by atoms with van der Waals surface area (Å²) in [5.41, 5.74) is 5.84. The molecular weight excluding hydrogens is 438 g/mol. The van der Waals surface area contributed by atoms with Gasteiger partial charge in [-0.3, -0.25) is 9.59 Å². The first-order valence-electron chi connectivity index (χ1n) is 9.55. The number of nitrogens with two attached hydrogens (primary N) is 1. The third-order valence-electron chi connectivity index (χ3n) is 3.78. The van der Waals surface area contributed by atoms with E-state index in [0.29, 0.717) is 41.6 Å². The van der Waals surface area contributed by atoms with Gasteiger partial charge in [0.25, 0.3) is 5.78 Å². The SMILES string of the molecule is CCNc1nc(NCC)n2c(SCC(=O)Nc3ccccc3SCC(N)=O)nnc2n1. The number of nitrogens with one attached hydrogen (secondary N) is 3. The highest BCUT2D eigenvalue weighted by Crippen LogP contribution is 2.27. The number of thioether (sulfide) groups is 2. The highest BCUT2D eigenvalue weighted by Gasteiger charge is 2.16. The van der Waals surface area contributed by atoms with E-state index in [1.54, 1.807) is 10.5 Å². The topological polar surface area (TPSA) is 152 Å². The molecule has 0 saturated heterocycles. The van der Waals surface area contributed by atoms with Gasteiger partial charge in [0.15, 0.2) is 5.16 Å². The minimum absolute atomic E-state index is 0.107. The molecule has 2 amide bonds. The predicted molar refractivity (Wildman–Crippen MR) is 123 cm³/mol.